The van der Waals surface area contributed by atoms with Crippen LogP contribution in [0.25, 0.3) is 0 Å². The number of nitrogens with zero attached hydrogens (tertiary/aromatic N) is 3. The Morgan fingerprint density at radius 3 is 2.85 bits per heavy atom. The molecule has 0 aliphatic carbocycles. The second kappa shape index (κ2) is 10.6. The van der Waals surface area contributed by atoms with E-state index in [1.54, 1.807) is 18.2 Å². The summed E-state index contributed by atoms with van der Waals surface area (Å²) >= 11 is 0. The minimum absolute atomic E-state index is 0. The predicted molar refractivity (Wildman–Crippen MR) is 105 cm³/mol. The van der Waals surface area contributed by atoms with Crippen LogP contribution < -0.4 is 10.6 Å². The van der Waals surface area contributed by atoms with Crippen molar-refractivity contribution < 1.29 is 13.2 Å². The van der Waals surface area contributed by atoms with Gasteiger partial charge >= 0.3 is 6.18 Å². The lowest BCUT2D eigenvalue weighted by Gasteiger charge is -2.19. The standard InChI is InChI=1S/C17H22F3N5.HI/c1-2-22-16(23-10-14-5-3-4-13(8-14)9-21)24-15-6-7-25(11-15)12-17(18,19)20;/h3-5,8,15H,2,6-7,10-12H2,1H3,(H2,22,23,24);1H. The van der Waals surface area contributed by atoms with E-state index in [1.165, 1.54) is 4.90 Å². The number of alkyl halides is 3. The maximum absolute atomic E-state index is 12.5. The number of hydrogen-bond acceptors (Lipinski definition) is 3. The minimum atomic E-state index is -4.17. The van der Waals surface area contributed by atoms with Gasteiger partial charge in [0.1, 0.15) is 0 Å². The highest BCUT2D eigenvalue weighted by atomic mass is 127. The monoisotopic (exact) mass is 481 g/mol. The second-order valence-electron chi connectivity index (χ2n) is 5.99. The molecule has 0 aromatic heterocycles. The SMILES string of the molecule is CCNC(=NCc1cccc(C#N)c1)NC1CCN(CC(F)(F)F)C1.I. The van der Waals surface area contributed by atoms with Crippen molar-refractivity contribution in [3.05, 3.63) is 35.4 Å². The zero-order valence-corrected chi connectivity index (χ0v) is 16.8. The van der Waals surface area contributed by atoms with Crippen LogP contribution in [-0.4, -0.2) is 49.3 Å². The third-order valence-corrected chi connectivity index (χ3v) is 3.84. The van der Waals surface area contributed by atoms with Crippen molar-refractivity contribution in [2.45, 2.75) is 32.1 Å². The first-order valence-electron chi connectivity index (χ1n) is 8.22. The smallest absolute Gasteiger partial charge is 0.357 e. The highest BCUT2D eigenvalue weighted by molar-refractivity contribution is 14.0. The third kappa shape index (κ3) is 7.78. The highest BCUT2D eigenvalue weighted by Gasteiger charge is 2.34. The van der Waals surface area contributed by atoms with Gasteiger partial charge in [-0.05, 0) is 31.0 Å². The van der Waals surface area contributed by atoms with Crippen molar-refractivity contribution in [2.24, 2.45) is 4.99 Å². The number of guanidine groups is 1. The summed E-state index contributed by atoms with van der Waals surface area (Å²) in [7, 11) is 0. The fourth-order valence-corrected chi connectivity index (χ4v) is 2.77. The number of likely N-dealkylation sites (tertiary alicyclic amines) is 1. The number of nitrogens with one attached hydrogen (secondary N) is 2. The molecule has 2 rings (SSSR count). The lowest BCUT2D eigenvalue weighted by atomic mass is 10.1. The molecule has 1 aromatic rings. The molecular formula is C17H23F3IN5. The average Bonchev–Trinajstić information content (AvgIpc) is 2.98. The number of nitriles is 1. The Morgan fingerprint density at radius 1 is 1.42 bits per heavy atom. The fraction of sp³-hybridized carbons (Fsp3) is 0.529. The first kappa shape index (κ1) is 22.5. The summed E-state index contributed by atoms with van der Waals surface area (Å²) in [6.45, 7) is 2.86. The second-order valence-corrected chi connectivity index (χ2v) is 5.99. The van der Waals surface area contributed by atoms with E-state index in [4.69, 9.17) is 5.26 Å². The lowest BCUT2D eigenvalue weighted by molar-refractivity contribution is -0.143. The highest BCUT2D eigenvalue weighted by Crippen LogP contribution is 2.19. The number of benzene rings is 1. The molecule has 1 aliphatic heterocycles. The molecule has 1 saturated heterocycles. The zero-order valence-electron chi connectivity index (χ0n) is 14.5. The third-order valence-electron chi connectivity index (χ3n) is 3.84. The van der Waals surface area contributed by atoms with E-state index in [0.29, 0.717) is 44.1 Å². The molecule has 1 unspecified atom stereocenters. The van der Waals surface area contributed by atoms with E-state index in [0.717, 1.165) is 5.56 Å². The Labute approximate surface area is 168 Å². The summed E-state index contributed by atoms with van der Waals surface area (Å²) in [5.74, 6) is 0.573. The van der Waals surface area contributed by atoms with Gasteiger partial charge in [-0.15, -0.1) is 24.0 Å². The van der Waals surface area contributed by atoms with Gasteiger partial charge in [0.2, 0.25) is 0 Å². The van der Waals surface area contributed by atoms with Crippen LogP contribution in [0.15, 0.2) is 29.3 Å². The van der Waals surface area contributed by atoms with Gasteiger partial charge in [-0.1, -0.05) is 12.1 Å². The van der Waals surface area contributed by atoms with Crippen molar-refractivity contribution in [2.75, 3.05) is 26.2 Å². The van der Waals surface area contributed by atoms with Gasteiger partial charge in [0, 0.05) is 25.7 Å². The molecule has 0 bridgehead atoms. The van der Waals surface area contributed by atoms with Crippen LogP contribution in [-0.2, 0) is 6.54 Å². The summed E-state index contributed by atoms with van der Waals surface area (Å²) in [6.07, 6.45) is -3.52. The Balaban J connectivity index is 0.00000338. The quantitative estimate of drug-likeness (QED) is 0.386. The molecule has 1 aromatic carbocycles. The molecule has 2 N–H and O–H groups in total. The van der Waals surface area contributed by atoms with Crippen molar-refractivity contribution in [1.82, 2.24) is 15.5 Å². The van der Waals surface area contributed by atoms with Gasteiger partial charge in [-0.25, -0.2) is 4.99 Å². The van der Waals surface area contributed by atoms with Crippen LogP contribution in [0, 0.1) is 11.3 Å². The van der Waals surface area contributed by atoms with Crippen molar-refractivity contribution in [3.63, 3.8) is 0 Å². The fourth-order valence-electron chi connectivity index (χ4n) is 2.77. The molecule has 1 atom stereocenters. The molecule has 0 saturated carbocycles. The first-order chi connectivity index (χ1) is 11.9. The number of rotatable bonds is 5. The molecule has 9 heteroatoms. The van der Waals surface area contributed by atoms with Gasteiger partial charge < -0.3 is 10.6 Å². The predicted octanol–water partition coefficient (Wildman–Crippen LogP) is 2.87. The van der Waals surface area contributed by atoms with E-state index in [2.05, 4.69) is 21.7 Å². The average molecular weight is 481 g/mol. The van der Waals surface area contributed by atoms with Gasteiger partial charge in [-0.3, -0.25) is 4.90 Å². The molecule has 5 nitrogen and oxygen atoms in total. The summed E-state index contributed by atoms with van der Waals surface area (Å²) in [5.41, 5.74) is 1.48. The molecule has 1 fully saturated rings. The van der Waals surface area contributed by atoms with Gasteiger partial charge in [0.25, 0.3) is 0 Å². The van der Waals surface area contributed by atoms with E-state index in [9.17, 15) is 13.2 Å². The van der Waals surface area contributed by atoms with Crippen molar-refractivity contribution in [3.8, 4) is 6.07 Å². The van der Waals surface area contributed by atoms with Crippen LogP contribution >= 0.6 is 24.0 Å². The lowest BCUT2D eigenvalue weighted by Crippen LogP contribution is -2.45. The van der Waals surface area contributed by atoms with Crippen molar-refractivity contribution in [1.29, 1.82) is 5.26 Å². The number of aliphatic imine (C=N–C) groups is 1. The Morgan fingerprint density at radius 2 is 2.19 bits per heavy atom. The molecule has 0 spiro atoms. The van der Waals surface area contributed by atoms with Crippen LogP contribution in [0.2, 0.25) is 0 Å². The van der Waals surface area contributed by atoms with E-state index in [-0.39, 0.29) is 30.0 Å². The van der Waals surface area contributed by atoms with Gasteiger partial charge in [0.05, 0.1) is 24.7 Å². The molecule has 144 valence electrons. The zero-order chi connectivity index (χ0) is 18.3. The summed E-state index contributed by atoms with van der Waals surface area (Å²) < 4.78 is 37.4. The van der Waals surface area contributed by atoms with Crippen LogP contribution in [0.3, 0.4) is 0 Å². The molecule has 0 amide bonds. The largest absolute Gasteiger partial charge is 0.401 e. The van der Waals surface area contributed by atoms with Crippen LogP contribution in [0.4, 0.5) is 13.2 Å². The normalized spacial score (nSPS) is 18.1. The summed E-state index contributed by atoms with van der Waals surface area (Å²) in [4.78, 5) is 5.87. The van der Waals surface area contributed by atoms with E-state index < -0.39 is 12.7 Å². The minimum Gasteiger partial charge on any atom is -0.357 e. The van der Waals surface area contributed by atoms with E-state index >= 15 is 0 Å². The van der Waals surface area contributed by atoms with Crippen molar-refractivity contribution >= 4 is 29.9 Å². The Kier molecular flexibility index (Phi) is 9.15. The van der Waals surface area contributed by atoms with Gasteiger partial charge in [0.15, 0.2) is 5.96 Å². The summed E-state index contributed by atoms with van der Waals surface area (Å²) in [5, 5.41) is 15.2. The molecule has 1 aliphatic rings. The Hall–Kier alpha value is -1.54. The number of halogens is 4. The molecule has 0 radical (unpaired) electrons. The van der Waals surface area contributed by atoms with Crippen LogP contribution in [0.5, 0.6) is 0 Å². The molecule has 1 heterocycles. The maximum Gasteiger partial charge on any atom is 0.401 e. The van der Waals surface area contributed by atoms with E-state index in [1.807, 2.05) is 13.0 Å². The molecular weight excluding hydrogens is 458 g/mol. The van der Waals surface area contributed by atoms with Gasteiger partial charge in [-0.2, -0.15) is 18.4 Å². The summed E-state index contributed by atoms with van der Waals surface area (Å²) in [6, 6.07) is 9.20. The van der Waals surface area contributed by atoms with Crippen LogP contribution in [0.1, 0.15) is 24.5 Å². The topological polar surface area (TPSA) is 63.5 Å². The number of hydrogen-bond donors (Lipinski definition) is 2. The first-order valence-corrected chi connectivity index (χ1v) is 8.22. The maximum atomic E-state index is 12.5. The Bertz CT molecular complexity index is 642. The molecule has 26 heavy (non-hydrogen) atoms.